The summed E-state index contributed by atoms with van der Waals surface area (Å²) < 4.78 is 0. The highest BCUT2D eigenvalue weighted by Crippen LogP contribution is 2.34. The third-order valence-corrected chi connectivity index (χ3v) is 4.83. The van der Waals surface area contributed by atoms with Crippen LogP contribution in [0, 0.1) is 26.7 Å². The predicted octanol–water partition coefficient (Wildman–Crippen LogP) is 4.89. The van der Waals surface area contributed by atoms with Gasteiger partial charge in [0.1, 0.15) is 0 Å². The van der Waals surface area contributed by atoms with Gasteiger partial charge in [-0.3, -0.25) is 0 Å². The SMILES string of the molecule is Cc1cc2c3c(ccc2c(C)c1C)CC(C)CC3. The van der Waals surface area contributed by atoms with Crippen LogP contribution in [-0.2, 0) is 12.8 Å². The maximum atomic E-state index is 2.41. The Hall–Kier alpha value is -1.30. The molecule has 0 heterocycles. The van der Waals surface area contributed by atoms with E-state index >= 15 is 0 Å². The third kappa shape index (κ3) is 1.67. The van der Waals surface area contributed by atoms with Gasteiger partial charge in [-0.05, 0) is 84.5 Å². The predicted molar refractivity (Wildman–Crippen MR) is 79.3 cm³/mol. The van der Waals surface area contributed by atoms with Crippen molar-refractivity contribution in [1.82, 2.24) is 0 Å². The summed E-state index contributed by atoms with van der Waals surface area (Å²) in [6.07, 6.45) is 3.87. The van der Waals surface area contributed by atoms with Crippen molar-refractivity contribution in [3.63, 3.8) is 0 Å². The quantitative estimate of drug-likeness (QED) is 0.613. The van der Waals surface area contributed by atoms with Crippen LogP contribution in [0.3, 0.4) is 0 Å². The molecule has 0 aromatic heterocycles. The molecule has 0 aliphatic heterocycles. The van der Waals surface area contributed by atoms with Crippen molar-refractivity contribution < 1.29 is 0 Å². The molecule has 0 spiro atoms. The molecule has 0 fully saturated rings. The molecule has 0 nitrogen and oxygen atoms in total. The van der Waals surface area contributed by atoms with Crippen molar-refractivity contribution >= 4 is 10.8 Å². The Kier molecular flexibility index (Phi) is 2.69. The van der Waals surface area contributed by atoms with Gasteiger partial charge >= 0.3 is 0 Å². The molecule has 1 unspecified atom stereocenters. The van der Waals surface area contributed by atoms with Crippen LogP contribution in [0.4, 0.5) is 0 Å². The van der Waals surface area contributed by atoms with Crippen molar-refractivity contribution in [2.24, 2.45) is 5.92 Å². The Bertz CT molecular complexity index is 620. The first-order valence-electron chi connectivity index (χ1n) is 7.09. The molecule has 2 aromatic carbocycles. The average molecular weight is 238 g/mol. The molecule has 2 aromatic rings. The molecule has 0 heteroatoms. The molecular weight excluding hydrogens is 216 g/mol. The number of rotatable bonds is 0. The van der Waals surface area contributed by atoms with Crippen molar-refractivity contribution in [1.29, 1.82) is 0 Å². The maximum Gasteiger partial charge on any atom is -0.0144 e. The second-order valence-corrected chi connectivity index (χ2v) is 6.09. The lowest BCUT2D eigenvalue weighted by atomic mass is 9.81. The van der Waals surface area contributed by atoms with Gasteiger partial charge in [-0.1, -0.05) is 25.1 Å². The van der Waals surface area contributed by atoms with Gasteiger partial charge in [0.15, 0.2) is 0 Å². The fraction of sp³-hybridized carbons (Fsp3) is 0.444. The summed E-state index contributed by atoms with van der Waals surface area (Å²) in [5, 5.41) is 2.98. The van der Waals surface area contributed by atoms with Gasteiger partial charge in [-0.25, -0.2) is 0 Å². The smallest absolute Gasteiger partial charge is 0.0144 e. The zero-order valence-corrected chi connectivity index (χ0v) is 11.9. The molecule has 3 rings (SSSR count). The summed E-state index contributed by atoms with van der Waals surface area (Å²) in [7, 11) is 0. The molecular formula is C18H22. The second-order valence-electron chi connectivity index (χ2n) is 6.09. The Balaban J connectivity index is 2.33. The van der Waals surface area contributed by atoms with E-state index in [1.165, 1.54) is 46.7 Å². The fourth-order valence-corrected chi connectivity index (χ4v) is 3.38. The summed E-state index contributed by atoms with van der Waals surface area (Å²) in [6.45, 7) is 9.12. The third-order valence-electron chi connectivity index (χ3n) is 4.83. The lowest BCUT2D eigenvalue weighted by Gasteiger charge is -2.24. The Morgan fingerprint density at radius 3 is 2.56 bits per heavy atom. The Morgan fingerprint density at radius 1 is 1.00 bits per heavy atom. The van der Waals surface area contributed by atoms with Crippen LogP contribution in [0.5, 0.6) is 0 Å². The van der Waals surface area contributed by atoms with Gasteiger partial charge in [0, 0.05) is 0 Å². The molecule has 0 N–H and O–H groups in total. The van der Waals surface area contributed by atoms with Crippen LogP contribution in [0.1, 0.15) is 41.2 Å². The van der Waals surface area contributed by atoms with Gasteiger partial charge in [0.2, 0.25) is 0 Å². The van der Waals surface area contributed by atoms with Crippen molar-refractivity contribution in [2.75, 3.05) is 0 Å². The molecule has 18 heavy (non-hydrogen) atoms. The molecule has 1 aliphatic rings. The van der Waals surface area contributed by atoms with E-state index in [0.29, 0.717) is 0 Å². The summed E-state index contributed by atoms with van der Waals surface area (Å²) >= 11 is 0. The van der Waals surface area contributed by atoms with Crippen LogP contribution in [0.2, 0.25) is 0 Å². The number of benzene rings is 2. The molecule has 1 aliphatic carbocycles. The largest absolute Gasteiger partial charge is 0.0622 e. The average Bonchev–Trinajstić information content (AvgIpc) is 2.35. The van der Waals surface area contributed by atoms with Crippen LogP contribution >= 0.6 is 0 Å². The van der Waals surface area contributed by atoms with Gasteiger partial charge in [0.25, 0.3) is 0 Å². The zero-order valence-electron chi connectivity index (χ0n) is 11.9. The lowest BCUT2D eigenvalue weighted by Crippen LogP contribution is -2.11. The standard InChI is InChI=1S/C18H22/c1-11-5-7-17-15(9-11)6-8-16-14(4)13(3)12(2)10-18(16)17/h6,8,10-11H,5,7,9H2,1-4H3. The first-order chi connectivity index (χ1) is 8.58. The summed E-state index contributed by atoms with van der Waals surface area (Å²) in [6, 6.07) is 7.12. The lowest BCUT2D eigenvalue weighted by molar-refractivity contribution is 0.503. The number of hydrogen-bond acceptors (Lipinski definition) is 0. The van der Waals surface area contributed by atoms with E-state index in [4.69, 9.17) is 0 Å². The molecule has 0 saturated heterocycles. The topological polar surface area (TPSA) is 0 Å². The Morgan fingerprint density at radius 2 is 1.78 bits per heavy atom. The summed E-state index contributed by atoms with van der Waals surface area (Å²) in [5.41, 5.74) is 7.56. The Labute approximate surface area is 110 Å². The number of aryl methyl sites for hydroxylation is 3. The zero-order chi connectivity index (χ0) is 12.9. The highest BCUT2D eigenvalue weighted by Gasteiger charge is 2.18. The van der Waals surface area contributed by atoms with E-state index < -0.39 is 0 Å². The van der Waals surface area contributed by atoms with Gasteiger partial charge in [0.05, 0.1) is 0 Å². The highest BCUT2D eigenvalue weighted by molar-refractivity contribution is 5.91. The highest BCUT2D eigenvalue weighted by atomic mass is 14.2. The second kappa shape index (κ2) is 4.12. The van der Waals surface area contributed by atoms with E-state index in [-0.39, 0.29) is 0 Å². The fourth-order valence-electron chi connectivity index (χ4n) is 3.38. The van der Waals surface area contributed by atoms with E-state index in [1.807, 2.05) is 0 Å². The van der Waals surface area contributed by atoms with Crippen LogP contribution in [0.25, 0.3) is 10.8 Å². The van der Waals surface area contributed by atoms with Crippen molar-refractivity contribution in [3.8, 4) is 0 Å². The first-order valence-corrected chi connectivity index (χ1v) is 7.09. The molecule has 0 amide bonds. The molecule has 0 radical (unpaired) electrons. The maximum absolute atomic E-state index is 2.41. The van der Waals surface area contributed by atoms with E-state index in [2.05, 4.69) is 45.9 Å². The summed E-state index contributed by atoms with van der Waals surface area (Å²) in [5.74, 6) is 0.850. The molecule has 0 bridgehead atoms. The van der Waals surface area contributed by atoms with Crippen molar-refractivity contribution in [2.45, 2.75) is 47.0 Å². The number of hydrogen-bond donors (Lipinski definition) is 0. The van der Waals surface area contributed by atoms with Crippen LogP contribution < -0.4 is 0 Å². The molecule has 1 atom stereocenters. The van der Waals surface area contributed by atoms with E-state index in [1.54, 1.807) is 11.1 Å². The normalized spacial score (nSPS) is 19.0. The van der Waals surface area contributed by atoms with Crippen LogP contribution in [-0.4, -0.2) is 0 Å². The molecule has 0 saturated carbocycles. The van der Waals surface area contributed by atoms with E-state index in [0.717, 1.165) is 5.92 Å². The molecule has 94 valence electrons. The van der Waals surface area contributed by atoms with Gasteiger partial charge < -0.3 is 0 Å². The monoisotopic (exact) mass is 238 g/mol. The minimum absolute atomic E-state index is 0.850. The van der Waals surface area contributed by atoms with E-state index in [9.17, 15) is 0 Å². The minimum atomic E-state index is 0.850. The minimum Gasteiger partial charge on any atom is -0.0622 e. The first kappa shape index (κ1) is 11.8. The number of fused-ring (bicyclic) bond motifs is 3. The summed E-state index contributed by atoms with van der Waals surface area (Å²) in [4.78, 5) is 0. The van der Waals surface area contributed by atoms with Gasteiger partial charge in [-0.15, -0.1) is 0 Å². The van der Waals surface area contributed by atoms with Gasteiger partial charge in [-0.2, -0.15) is 0 Å². The van der Waals surface area contributed by atoms with Crippen LogP contribution in [0.15, 0.2) is 18.2 Å². The van der Waals surface area contributed by atoms with Crippen molar-refractivity contribution in [3.05, 3.63) is 46.0 Å².